The van der Waals surface area contributed by atoms with Crippen molar-refractivity contribution < 1.29 is 4.74 Å². The van der Waals surface area contributed by atoms with Crippen LogP contribution in [0.25, 0.3) is 0 Å². The van der Waals surface area contributed by atoms with E-state index in [9.17, 15) is 0 Å². The number of halogens is 1. The van der Waals surface area contributed by atoms with E-state index in [1.165, 1.54) is 5.56 Å². The van der Waals surface area contributed by atoms with Crippen molar-refractivity contribution in [1.29, 1.82) is 0 Å². The molecule has 90 valence electrons. The highest BCUT2D eigenvalue weighted by molar-refractivity contribution is 6.20. The summed E-state index contributed by atoms with van der Waals surface area (Å²) in [4.78, 5) is 4.17. The monoisotopic (exact) mass is 241 g/mol. The Labute approximate surface area is 103 Å². The Morgan fingerprint density at radius 1 is 1.38 bits per heavy atom. The maximum Gasteiger partial charge on any atom is 0.138 e. The molecule has 0 aliphatic heterocycles. The van der Waals surface area contributed by atoms with Gasteiger partial charge in [0.25, 0.3) is 0 Å². The first kappa shape index (κ1) is 13.3. The molecular weight excluding hydrogens is 222 g/mol. The second kappa shape index (κ2) is 6.74. The van der Waals surface area contributed by atoms with Crippen LogP contribution in [0.5, 0.6) is 5.75 Å². The lowest BCUT2D eigenvalue weighted by atomic mass is 10.1. The van der Waals surface area contributed by atoms with Crippen LogP contribution >= 0.6 is 11.6 Å². The highest BCUT2D eigenvalue weighted by Crippen LogP contribution is 2.16. The molecule has 3 heteroatoms. The van der Waals surface area contributed by atoms with Gasteiger partial charge < -0.3 is 4.74 Å². The largest absolute Gasteiger partial charge is 0.489 e. The Morgan fingerprint density at radius 2 is 2.12 bits per heavy atom. The summed E-state index contributed by atoms with van der Waals surface area (Å²) in [5.41, 5.74) is 1.19. The Bertz CT molecular complexity index is 315. The van der Waals surface area contributed by atoms with Crippen LogP contribution in [-0.4, -0.2) is 16.5 Å². The van der Waals surface area contributed by atoms with Crippen molar-refractivity contribution in [2.45, 2.75) is 51.5 Å². The van der Waals surface area contributed by atoms with E-state index >= 15 is 0 Å². The standard InChI is InChI=1S/C13H20ClNO/c1-4-12(14)6-5-11-7-13(9-15-8-11)16-10(2)3/h7-10,12H,4-6H2,1-3H3. The lowest BCUT2D eigenvalue weighted by Crippen LogP contribution is -2.06. The third-order valence-electron chi connectivity index (χ3n) is 2.33. The third kappa shape index (κ3) is 4.84. The predicted octanol–water partition coefficient (Wildman–Crippen LogP) is 3.82. The lowest BCUT2D eigenvalue weighted by Gasteiger charge is -2.11. The number of ether oxygens (including phenoxy) is 1. The zero-order valence-corrected chi connectivity index (χ0v) is 11.0. The molecule has 0 bridgehead atoms. The lowest BCUT2D eigenvalue weighted by molar-refractivity contribution is 0.241. The molecule has 1 unspecified atom stereocenters. The van der Waals surface area contributed by atoms with Crippen LogP contribution in [0.15, 0.2) is 18.5 Å². The van der Waals surface area contributed by atoms with Gasteiger partial charge >= 0.3 is 0 Å². The number of hydrogen-bond acceptors (Lipinski definition) is 2. The van der Waals surface area contributed by atoms with Crippen LogP contribution in [0.3, 0.4) is 0 Å². The summed E-state index contributed by atoms with van der Waals surface area (Å²) in [7, 11) is 0. The van der Waals surface area contributed by atoms with E-state index in [0.29, 0.717) is 0 Å². The van der Waals surface area contributed by atoms with Crippen LogP contribution in [-0.2, 0) is 6.42 Å². The summed E-state index contributed by atoms with van der Waals surface area (Å²) in [5, 5.41) is 0.259. The molecule has 2 nitrogen and oxygen atoms in total. The molecule has 16 heavy (non-hydrogen) atoms. The van der Waals surface area contributed by atoms with Crippen molar-refractivity contribution in [2.75, 3.05) is 0 Å². The van der Waals surface area contributed by atoms with Crippen LogP contribution in [0.2, 0.25) is 0 Å². The number of aromatic nitrogens is 1. The van der Waals surface area contributed by atoms with Gasteiger partial charge in [0.15, 0.2) is 0 Å². The zero-order chi connectivity index (χ0) is 12.0. The molecule has 0 saturated carbocycles. The fraction of sp³-hybridized carbons (Fsp3) is 0.615. The van der Waals surface area contributed by atoms with Gasteiger partial charge in [-0.05, 0) is 44.7 Å². The smallest absolute Gasteiger partial charge is 0.138 e. The van der Waals surface area contributed by atoms with Gasteiger partial charge in [-0.15, -0.1) is 11.6 Å². The molecule has 0 saturated heterocycles. The number of pyridine rings is 1. The first-order chi connectivity index (χ1) is 7.61. The maximum atomic E-state index is 6.09. The van der Waals surface area contributed by atoms with E-state index in [1.54, 1.807) is 6.20 Å². The fourth-order valence-electron chi connectivity index (χ4n) is 1.46. The minimum atomic E-state index is 0.188. The number of aryl methyl sites for hydroxylation is 1. The molecule has 1 aromatic heterocycles. The molecular formula is C13H20ClNO. The molecule has 0 aliphatic carbocycles. The Kier molecular flexibility index (Phi) is 5.61. The van der Waals surface area contributed by atoms with Gasteiger partial charge in [0.2, 0.25) is 0 Å². The second-order valence-electron chi connectivity index (χ2n) is 4.24. The number of rotatable bonds is 6. The van der Waals surface area contributed by atoms with Crippen molar-refractivity contribution in [1.82, 2.24) is 4.98 Å². The van der Waals surface area contributed by atoms with Crippen LogP contribution < -0.4 is 4.74 Å². The van der Waals surface area contributed by atoms with Crippen molar-refractivity contribution in [3.63, 3.8) is 0 Å². The minimum absolute atomic E-state index is 0.188. The summed E-state index contributed by atoms with van der Waals surface area (Å²) < 4.78 is 5.59. The molecule has 0 aromatic carbocycles. The van der Waals surface area contributed by atoms with Crippen molar-refractivity contribution in [3.8, 4) is 5.75 Å². The van der Waals surface area contributed by atoms with E-state index in [0.717, 1.165) is 25.0 Å². The summed E-state index contributed by atoms with van der Waals surface area (Å²) in [6, 6.07) is 2.05. The third-order valence-corrected chi connectivity index (χ3v) is 2.86. The molecule has 0 N–H and O–H groups in total. The second-order valence-corrected chi connectivity index (χ2v) is 4.86. The molecule has 0 amide bonds. The molecule has 0 fully saturated rings. The molecule has 0 radical (unpaired) electrons. The van der Waals surface area contributed by atoms with Crippen molar-refractivity contribution in [2.24, 2.45) is 0 Å². The average Bonchev–Trinajstić information content (AvgIpc) is 2.25. The highest BCUT2D eigenvalue weighted by atomic mass is 35.5. The van der Waals surface area contributed by atoms with Gasteiger partial charge in [-0.25, -0.2) is 0 Å². The van der Waals surface area contributed by atoms with Gasteiger partial charge in [-0.1, -0.05) is 6.92 Å². The summed E-state index contributed by atoms with van der Waals surface area (Å²) in [5.74, 6) is 0.843. The molecule has 1 rings (SSSR count). The SMILES string of the molecule is CCC(Cl)CCc1cncc(OC(C)C)c1. The maximum absolute atomic E-state index is 6.09. The molecule has 1 atom stereocenters. The molecule has 1 heterocycles. The predicted molar refractivity (Wildman–Crippen MR) is 68.3 cm³/mol. The van der Waals surface area contributed by atoms with Gasteiger partial charge in [0, 0.05) is 11.6 Å². The van der Waals surface area contributed by atoms with Gasteiger partial charge in [-0.3, -0.25) is 4.98 Å². The van der Waals surface area contributed by atoms with E-state index in [1.807, 2.05) is 26.1 Å². The fourth-order valence-corrected chi connectivity index (χ4v) is 1.57. The molecule has 0 aliphatic rings. The Morgan fingerprint density at radius 3 is 2.75 bits per heavy atom. The van der Waals surface area contributed by atoms with Gasteiger partial charge in [0.1, 0.15) is 5.75 Å². The van der Waals surface area contributed by atoms with E-state index in [-0.39, 0.29) is 11.5 Å². The summed E-state index contributed by atoms with van der Waals surface area (Å²) in [6.45, 7) is 6.13. The summed E-state index contributed by atoms with van der Waals surface area (Å²) >= 11 is 6.09. The van der Waals surface area contributed by atoms with Crippen molar-refractivity contribution in [3.05, 3.63) is 24.0 Å². The number of hydrogen-bond donors (Lipinski definition) is 0. The number of alkyl halides is 1. The quantitative estimate of drug-likeness (QED) is 0.707. The van der Waals surface area contributed by atoms with E-state index in [4.69, 9.17) is 16.3 Å². The molecule has 0 spiro atoms. The van der Waals surface area contributed by atoms with E-state index < -0.39 is 0 Å². The highest BCUT2D eigenvalue weighted by Gasteiger charge is 2.04. The average molecular weight is 242 g/mol. The van der Waals surface area contributed by atoms with Gasteiger partial charge in [0.05, 0.1) is 12.3 Å². The number of nitrogens with zero attached hydrogens (tertiary/aromatic N) is 1. The topological polar surface area (TPSA) is 22.1 Å². The van der Waals surface area contributed by atoms with Crippen LogP contribution in [0, 0.1) is 0 Å². The minimum Gasteiger partial charge on any atom is -0.489 e. The normalized spacial score (nSPS) is 12.8. The summed E-state index contributed by atoms with van der Waals surface area (Å²) in [6.07, 6.45) is 6.79. The van der Waals surface area contributed by atoms with E-state index in [2.05, 4.69) is 11.9 Å². The van der Waals surface area contributed by atoms with Crippen LogP contribution in [0.1, 0.15) is 39.2 Å². The van der Waals surface area contributed by atoms with Crippen molar-refractivity contribution >= 4 is 11.6 Å². The zero-order valence-electron chi connectivity index (χ0n) is 10.2. The van der Waals surface area contributed by atoms with Gasteiger partial charge in [-0.2, -0.15) is 0 Å². The van der Waals surface area contributed by atoms with Crippen LogP contribution in [0.4, 0.5) is 0 Å². The first-order valence-electron chi connectivity index (χ1n) is 5.86. The Hall–Kier alpha value is -0.760. The molecule has 1 aromatic rings. The Balaban J connectivity index is 2.53. The first-order valence-corrected chi connectivity index (χ1v) is 6.30.